The number of nitro benzene ring substituents is 1. The summed E-state index contributed by atoms with van der Waals surface area (Å²) in [6.07, 6.45) is 0. The van der Waals surface area contributed by atoms with E-state index in [-0.39, 0.29) is 22.7 Å². The Labute approximate surface area is 143 Å². The molecule has 0 spiro atoms. The molecule has 0 bridgehead atoms. The first-order chi connectivity index (χ1) is 11.8. The van der Waals surface area contributed by atoms with Gasteiger partial charge < -0.3 is 15.2 Å². The van der Waals surface area contributed by atoms with Gasteiger partial charge >= 0.3 is 5.97 Å². The van der Waals surface area contributed by atoms with Crippen LogP contribution in [0.3, 0.4) is 0 Å². The van der Waals surface area contributed by atoms with Crippen LogP contribution in [0.4, 0.5) is 11.4 Å². The zero-order chi connectivity index (χ0) is 18.6. The molecule has 0 atom stereocenters. The van der Waals surface area contributed by atoms with Gasteiger partial charge in [0.25, 0.3) is 11.6 Å². The number of amides is 1. The number of carbonyl (C=O) groups excluding carboxylic acids is 2. The minimum absolute atomic E-state index is 0.0428. The number of aryl methyl sites for hydroxylation is 2. The third-order valence-corrected chi connectivity index (χ3v) is 3.40. The van der Waals surface area contributed by atoms with Crippen molar-refractivity contribution in [3.63, 3.8) is 0 Å². The van der Waals surface area contributed by atoms with Gasteiger partial charge in [-0.2, -0.15) is 0 Å². The molecule has 0 fully saturated rings. The van der Waals surface area contributed by atoms with Crippen molar-refractivity contribution in [3.05, 3.63) is 63.2 Å². The van der Waals surface area contributed by atoms with Crippen molar-refractivity contribution in [3.8, 4) is 5.75 Å². The van der Waals surface area contributed by atoms with Gasteiger partial charge in [0, 0.05) is 17.3 Å². The Morgan fingerprint density at radius 1 is 1.20 bits per heavy atom. The van der Waals surface area contributed by atoms with Crippen molar-refractivity contribution < 1.29 is 24.4 Å². The zero-order valence-electron chi connectivity index (χ0n) is 13.6. The second kappa shape index (κ2) is 7.43. The van der Waals surface area contributed by atoms with Gasteiger partial charge in [0.1, 0.15) is 11.3 Å². The molecule has 2 aromatic carbocycles. The maximum atomic E-state index is 11.9. The first-order valence-electron chi connectivity index (χ1n) is 7.29. The number of esters is 1. The first-order valence-corrected chi connectivity index (χ1v) is 7.29. The van der Waals surface area contributed by atoms with Gasteiger partial charge in [-0.15, -0.1) is 0 Å². The number of nitro groups is 1. The topological polar surface area (TPSA) is 119 Å². The van der Waals surface area contributed by atoms with E-state index in [0.29, 0.717) is 5.56 Å². The van der Waals surface area contributed by atoms with E-state index in [2.05, 4.69) is 5.32 Å². The summed E-state index contributed by atoms with van der Waals surface area (Å²) in [5.41, 5.74) is 1.26. The van der Waals surface area contributed by atoms with Crippen molar-refractivity contribution in [2.24, 2.45) is 0 Å². The molecule has 0 aliphatic rings. The highest BCUT2D eigenvalue weighted by atomic mass is 16.6. The van der Waals surface area contributed by atoms with Crippen LogP contribution in [0.5, 0.6) is 5.75 Å². The number of phenolic OH excluding ortho intramolecular Hbond substituents is 1. The van der Waals surface area contributed by atoms with Crippen LogP contribution >= 0.6 is 0 Å². The number of benzene rings is 2. The van der Waals surface area contributed by atoms with Gasteiger partial charge in [-0.25, -0.2) is 4.79 Å². The number of aromatic hydroxyl groups is 1. The SMILES string of the molecule is Cc1ccc(O)c(C(=O)OCC(=O)Nc2ccc(C)c([N+](=O)[O-])c2)c1. The van der Waals surface area contributed by atoms with Crippen LogP contribution < -0.4 is 5.32 Å². The molecular weight excluding hydrogens is 328 g/mol. The molecule has 8 nitrogen and oxygen atoms in total. The van der Waals surface area contributed by atoms with Gasteiger partial charge in [-0.3, -0.25) is 14.9 Å². The highest BCUT2D eigenvalue weighted by Crippen LogP contribution is 2.22. The quantitative estimate of drug-likeness (QED) is 0.489. The fourth-order valence-electron chi connectivity index (χ4n) is 2.10. The standard InChI is InChI=1S/C17H16N2O6/c1-10-3-6-15(20)13(7-10)17(22)25-9-16(21)18-12-5-4-11(2)14(8-12)19(23)24/h3-8,20H,9H2,1-2H3,(H,18,21). The van der Waals surface area contributed by atoms with Gasteiger partial charge in [0.05, 0.1) is 4.92 Å². The van der Waals surface area contributed by atoms with Gasteiger partial charge in [-0.05, 0) is 32.0 Å². The molecule has 2 N–H and O–H groups in total. The third kappa shape index (κ3) is 4.54. The molecule has 0 saturated heterocycles. The number of hydrogen-bond acceptors (Lipinski definition) is 6. The summed E-state index contributed by atoms with van der Waals surface area (Å²) in [4.78, 5) is 34.1. The van der Waals surface area contributed by atoms with Crippen LogP contribution in [0.1, 0.15) is 21.5 Å². The maximum absolute atomic E-state index is 11.9. The summed E-state index contributed by atoms with van der Waals surface area (Å²) in [7, 11) is 0. The molecule has 0 heterocycles. The number of carbonyl (C=O) groups is 2. The van der Waals surface area contributed by atoms with Gasteiger partial charge in [0.2, 0.25) is 0 Å². The number of nitrogens with zero attached hydrogens (tertiary/aromatic N) is 1. The zero-order valence-corrected chi connectivity index (χ0v) is 13.6. The lowest BCUT2D eigenvalue weighted by Gasteiger charge is -2.08. The van der Waals surface area contributed by atoms with E-state index < -0.39 is 23.4 Å². The molecule has 0 unspecified atom stereocenters. The van der Waals surface area contributed by atoms with Crippen molar-refractivity contribution in [2.75, 3.05) is 11.9 Å². The molecule has 1 amide bonds. The van der Waals surface area contributed by atoms with Crippen molar-refractivity contribution >= 4 is 23.3 Å². The summed E-state index contributed by atoms with van der Waals surface area (Å²) in [5.74, 6) is -1.74. The predicted octanol–water partition coefficient (Wildman–Crippen LogP) is 2.71. The summed E-state index contributed by atoms with van der Waals surface area (Å²) in [5, 5.41) is 23.0. The Hall–Kier alpha value is -3.42. The van der Waals surface area contributed by atoms with Crippen LogP contribution in [-0.4, -0.2) is 28.5 Å². The molecule has 0 aromatic heterocycles. The minimum atomic E-state index is -0.841. The normalized spacial score (nSPS) is 10.2. The fourth-order valence-corrected chi connectivity index (χ4v) is 2.10. The maximum Gasteiger partial charge on any atom is 0.342 e. The van der Waals surface area contributed by atoms with Crippen molar-refractivity contribution in [1.29, 1.82) is 0 Å². The Kier molecular flexibility index (Phi) is 5.33. The van der Waals surface area contributed by atoms with E-state index >= 15 is 0 Å². The lowest BCUT2D eigenvalue weighted by Crippen LogP contribution is -2.21. The molecule has 0 radical (unpaired) electrons. The molecule has 8 heteroatoms. The summed E-state index contributed by atoms with van der Waals surface area (Å²) < 4.78 is 4.85. The summed E-state index contributed by atoms with van der Waals surface area (Å²) in [6.45, 7) is 2.74. The lowest BCUT2D eigenvalue weighted by atomic mass is 10.1. The van der Waals surface area contributed by atoms with Crippen molar-refractivity contribution in [1.82, 2.24) is 0 Å². The number of rotatable bonds is 5. The van der Waals surface area contributed by atoms with Gasteiger partial charge in [-0.1, -0.05) is 17.7 Å². The lowest BCUT2D eigenvalue weighted by molar-refractivity contribution is -0.385. The van der Waals surface area contributed by atoms with Crippen molar-refractivity contribution in [2.45, 2.75) is 13.8 Å². The average molecular weight is 344 g/mol. The molecule has 2 rings (SSSR count). The van der Waals surface area contributed by atoms with Crippen LogP contribution in [0, 0.1) is 24.0 Å². The van der Waals surface area contributed by atoms with E-state index in [4.69, 9.17) is 4.74 Å². The Morgan fingerprint density at radius 2 is 1.92 bits per heavy atom. The van der Waals surface area contributed by atoms with Crippen LogP contribution in [0.2, 0.25) is 0 Å². The largest absolute Gasteiger partial charge is 0.507 e. The van der Waals surface area contributed by atoms with E-state index in [9.17, 15) is 24.8 Å². The smallest absolute Gasteiger partial charge is 0.342 e. The Morgan fingerprint density at radius 3 is 2.60 bits per heavy atom. The molecule has 0 saturated carbocycles. The van der Waals surface area contributed by atoms with E-state index in [0.717, 1.165) is 5.56 Å². The highest BCUT2D eigenvalue weighted by Gasteiger charge is 2.16. The molecule has 0 aliphatic heterocycles. The third-order valence-electron chi connectivity index (χ3n) is 3.40. The number of anilines is 1. The summed E-state index contributed by atoms with van der Waals surface area (Å²) >= 11 is 0. The van der Waals surface area contributed by atoms with Gasteiger partial charge in [0.15, 0.2) is 6.61 Å². The molecule has 0 aliphatic carbocycles. The second-order valence-electron chi connectivity index (χ2n) is 5.40. The van der Waals surface area contributed by atoms with Crippen LogP contribution in [0.25, 0.3) is 0 Å². The second-order valence-corrected chi connectivity index (χ2v) is 5.40. The Bertz CT molecular complexity index is 847. The average Bonchev–Trinajstić information content (AvgIpc) is 2.56. The summed E-state index contributed by atoms with van der Waals surface area (Å²) in [6, 6.07) is 8.67. The molecular formula is C17H16N2O6. The molecule has 130 valence electrons. The number of nitrogens with one attached hydrogen (secondary N) is 1. The van der Waals surface area contributed by atoms with E-state index in [1.807, 2.05) is 0 Å². The van der Waals surface area contributed by atoms with Crippen LogP contribution in [-0.2, 0) is 9.53 Å². The van der Waals surface area contributed by atoms with E-state index in [1.165, 1.54) is 30.3 Å². The first kappa shape index (κ1) is 17.9. The molecule has 2 aromatic rings. The molecule has 25 heavy (non-hydrogen) atoms. The number of phenols is 1. The number of hydrogen-bond donors (Lipinski definition) is 2. The van der Waals surface area contributed by atoms with E-state index in [1.54, 1.807) is 19.9 Å². The number of ether oxygens (including phenoxy) is 1. The fraction of sp³-hybridized carbons (Fsp3) is 0.176. The minimum Gasteiger partial charge on any atom is -0.507 e. The van der Waals surface area contributed by atoms with Crippen LogP contribution in [0.15, 0.2) is 36.4 Å². The highest BCUT2D eigenvalue weighted by molar-refractivity contribution is 5.97. The predicted molar refractivity (Wildman–Crippen MR) is 89.6 cm³/mol. The monoisotopic (exact) mass is 344 g/mol. The Balaban J connectivity index is 1.99.